The van der Waals surface area contributed by atoms with Crippen LogP contribution in [-0.4, -0.2) is 46.1 Å². The normalized spacial score (nSPS) is 10.8. The van der Waals surface area contributed by atoms with E-state index in [1.54, 1.807) is 25.7 Å². The first-order valence-electron chi connectivity index (χ1n) is 8.47. The van der Waals surface area contributed by atoms with Crippen molar-refractivity contribution < 1.29 is 14.5 Å². The quantitative estimate of drug-likeness (QED) is 0.456. The monoisotopic (exact) mass is 401 g/mol. The van der Waals surface area contributed by atoms with Crippen LogP contribution in [0.25, 0.3) is 0 Å². The van der Waals surface area contributed by atoms with E-state index in [1.807, 2.05) is 0 Å². The Bertz CT molecular complexity index is 1110. The standard InChI is InChI=1S/C16H19N9O4/c1-9-11(5-17-22(9)3)21-16(27)15-12(6-18-23(15)4)20-14(26)8-24-10(2)13(7-19-24)25(28)29/h5-7H,8H2,1-4H3,(H,20,26)(H,21,27). The molecule has 2 amide bonds. The molecule has 0 radical (unpaired) electrons. The summed E-state index contributed by atoms with van der Waals surface area (Å²) in [5.41, 5.74) is 1.73. The molecule has 3 heterocycles. The third-order valence-corrected chi connectivity index (χ3v) is 4.48. The third-order valence-electron chi connectivity index (χ3n) is 4.48. The van der Waals surface area contributed by atoms with Crippen LogP contribution < -0.4 is 10.6 Å². The van der Waals surface area contributed by atoms with Gasteiger partial charge in [0.05, 0.1) is 34.4 Å². The molecule has 0 aromatic carbocycles. The summed E-state index contributed by atoms with van der Waals surface area (Å²) >= 11 is 0. The number of carbonyl (C=O) groups excluding carboxylic acids is 2. The predicted octanol–water partition coefficient (Wildman–Crippen LogP) is 0.766. The lowest BCUT2D eigenvalue weighted by atomic mass is 10.3. The number of carbonyl (C=O) groups is 2. The number of nitrogens with zero attached hydrogens (tertiary/aromatic N) is 7. The lowest BCUT2D eigenvalue weighted by Crippen LogP contribution is -2.23. The Morgan fingerprint density at radius 3 is 2.24 bits per heavy atom. The number of hydrogen-bond acceptors (Lipinski definition) is 7. The lowest BCUT2D eigenvalue weighted by molar-refractivity contribution is -0.385. The van der Waals surface area contributed by atoms with Crippen LogP contribution in [0.2, 0.25) is 0 Å². The molecule has 0 atom stereocenters. The maximum absolute atomic E-state index is 12.7. The minimum absolute atomic E-state index is 0.143. The van der Waals surface area contributed by atoms with Gasteiger partial charge < -0.3 is 10.6 Å². The molecule has 152 valence electrons. The SMILES string of the molecule is Cc1c(NC(=O)c2c(NC(=O)Cn3ncc([N+](=O)[O-])c3C)cnn2C)cnn1C. The van der Waals surface area contributed by atoms with Crippen LogP contribution in [0, 0.1) is 24.0 Å². The van der Waals surface area contributed by atoms with Crippen molar-refractivity contribution in [3.8, 4) is 0 Å². The molecule has 13 nitrogen and oxygen atoms in total. The number of amides is 2. The van der Waals surface area contributed by atoms with Crippen molar-refractivity contribution in [1.29, 1.82) is 0 Å². The fourth-order valence-corrected chi connectivity index (χ4v) is 2.70. The Hall–Kier alpha value is -4.03. The molecule has 2 N–H and O–H groups in total. The molecule has 0 saturated heterocycles. The van der Waals surface area contributed by atoms with Gasteiger partial charge in [0.15, 0.2) is 0 Å². The second kappa shape index (κ2) is 7.53. The van der Waals surface area contributed by atoms with E-state index in [1.165, 1.54) is 28.7 Å². The van der Waals surface area contributed by atoms with Crippen LogP contribution >= 0.6 is 0 Å². The summed E-state index contributed by atoms with van der Waals surface area (Å²) in [4.78, 5) is 35.4. The highest BCUT2D eigenvalue weighted by molar-refractivity contribution is 6.09. The van der Waals surface area contributed by atoms with Crippen LogP contribution in [0.5, 0.6) is 0 Å². The molecule has 0 aliphatic rings. The molecule has 3 aromatic rings. The van der Waals surface area contributed by atoms with Crippen molar-refractivity contribution in [3.05, 3.63) is 45.8 Å². The van der Waals surface area contributed by atoms with Crippen molar-refractivity contribution in [1.82, 2.24) is 29.3 Å². The summed E-state index contributed by atoms with van der Waals surface area (Å²) in [6.07, 6.45) is 3.96. The van der Waals surface area contributed by atoms with E-state index in [-0.39, 0.29) is 29.3 Å². The van der Waals surface area contributed by atoms with E-state index in [0.29, 0.717) is 5.69 Å². The minimum atomic E-state index is -0.569. The first-order chi connectivity index (χ1) is 13.7. The van der Waals surface area contributed by atoms with E-state index in [9.17, 15) is 19.7 Å². The molecule has 3 aromatic heterocycles. The highest BCUT2D eigenvalue weighted by Gasteiger charge is 2.22. The van der Waals surface area contributed by atoms with Gasteiger partial charge in [0, 0.05) is 14.1 Å². The molecule has 3 rings (SSSR count). The molecule has 0 unspecified atom stereocenters. The van der Waals surface area contributed by atoms with Gasteiger partial charge in [-0.15, -0.1) is 0 Å². The zero-order chi connectivity index (χ0) is 21.3. The molecule has 29 heavy (non-hydrogen) atoms. The number of aromatic nitrogens is 6. The zero-order valence-electron chi connectivity index (χ0n) is 16.2. The van der Waals surface area contributed by atoms with E-state index >= 15 is 0 Å². The molecule has 0 spiro atoms. The summed E-state index contributed by atoms with van der Waals surface area (Å²) in [6, 6.07) is 0. The first kappa shape index (κ1) is 19.7. The molecule has 13 heteroatoms. The zero-order valence-corrected chi connectivity index (χ0v) is 16.2. The summed E-state index contributed by atoms with van der Waals surface area (Å²) in [5.74, 6) is -0.979. The molecule has 0 fully saturated rings. The topological polar surface area (TPSA) is 155 Å². The summed E-state index contributed by atoms with van der Waals surface area (Å²) in [6.45, 7) is 3.05. The van der Waals surface area contributed by atoms with Crippen LogP contribution in [0.15, 0.2) is 18.6 Å². The molecule has 0 saturated carbocycles. The maximum atomic E-state index is 12.7. The number of anilines is 2. The lowest BCUT2D eigenvalue weighted by Gasteiger charge is -2.09. The van der Waals surface area contributed by atoms with Crippen molar-refractivity contribution in [2.75, 3.05) is 10.6 Å². The van der Waals surface area contributed by atoms with E-state index in [0.717, 1.165) is 11.9 Å². The Kier molecular flexibility index (Phi) is 5.12. The third kappa shape index (κ3) is 3.83. The predicted molar refractivity (Wildman–Crippen MR) is 101 cm³/mol. The van der Waals surface area contributed by atoms with Crippen LogP contribution in [0.1, 0.15) is 21.9 Å². The van der Waals surface area contributed by atoms with Crippen LogP contribution in [0.3, 0.4) is 0 Å². The number of rotatable bonds is 6. The largest absolute Gasteiger partial charge is 0.321 e. The van der Waals surface area contributed by atoms with E-state index in [2.05, 4.69) is 25.9 Å². The van der Waals surface area contributed by atoms with E-state index in [4.69, 9.17) is 0 Å². The van der Waals surface area contributed by atoms with Gasteiger partial charge in [-0.25, -0.2) is 0 Å². The van der Waals surface area contributed by atoms with Gasteiger partial charge in [-0.05, 0) is 13.8 Å². The Morgan fingerprint density at radius 2 is 1.66 bits per heavy atom. The first-order valence-corrected chi connectivity index (χ1v) is 8.47. The molecular weight excluding hydrogens is 382 g/mol. The van der Waals surface area contributed by atoms with Gasteiger partial charge in [0.25, 0.3) is 5.91 Å². The van der Waals surface area contributed by atoms with Gasteiger partial charge in [-0.2, -0.15) is 15.3 Å². The summed E-state index contributed by atoms with van der Waals surface area (Å²) in [7, 11) is 3.32. The fourth-order valence-electron chi connectivity index (χ4n) is 2.70. The molecular formula is C16H19N9O4. The van der Waals surface area contributed by atoms with Gasteiger partial charge in [0.2, 0.25) is 5.91 Å². The smallest absolute Gasteiger partial charge is 0.309 e. The Labute approximate surface area is 164 Å². The number of hydrogen-bond donors (Lipinski definition) is 2. The van der Waals surface area contributed by atoms with Gasteiger partial charge in [-0.3, -0.25) is 33.7 Å². The molecule has 0 aliphatic heterocycles. The van der Waals surface area contributed by atoms with Crippen LogP contribution in [0.4, 0.5) is 17.1 Å². The van der Waals surface area contributed by atoms with Crippen molar-refractivity contribution in [2.24, 2.45) is 14.1 Å². The second-order valence-corrected chi connectivity index (χ2v) is 6.33. The Balaban J connectivity index is 1.75. The maximum Gasteiger partial charge on any atom is 0.309 e. The number of nitrogens with one attached hydrogen (secondary N) is 2. The van der Waals surface area contributed by atoms with Gasteiger partial charge in [-0.1, -0.05) is 0 Å². The fraction of sp³-hybridized carbons (Fsp3) is 0.312. The average molecular weight is 401 g/mol. The van der Waals surface area contributed by atoms with Gasteiger partial charge >= 0.3 is 5.69 Å². The molecule has 0 bridgehead atoms. The van der Waals surface area contributed by atoms with Crippen molar-refractivity contribution in [2.45, 2.75) is 20.4 Å². The summed E-state index contributed by atoms with van der Waals surface area (Å²) in [5, 5.41) is 28.2. The summed E-state index contributed by atoms with van der Waals surface area (Å²) < 4.78 is 4.16. The number of nitro groups is 1. The number of aryl methyl sites for hydroxylation is 2. The van der Waals surface area contributed by atoms with Crippen LogP contribution in [-0.2, 0) is 25.4 Å². The Morgan fingerprint density at radius 1 is 1.00 bits per heavy atom. The highest BCUT2D eigenvalue weighted by Crippen LogP contribution is 2.19. The van der Waals surface area contributed by atoms with Gasteiger partial charge in [0.1, 0.15) is 24.1 Å². The van der Waals surface area contributed by atoms with Crippen molar-refractivity contribution in [3.63, 3.8) is 0 Å². The van der Waals surface area contributed by atoms with Crippen molar-refractivity contribution >= 4 is 28.9 Å². The van der Waals surface area contributed by atoms with E-state index < -0.39 is 16.7 Å². The molecule has 0 aliphatic carbocycles. The minimum Gasteiger partial charge on any atom is -0.321 e. The average Bonchev–Trinajstić information content (AvgIpc) is 3.29. The second-order valence-electron chi connectivity index (χ2n) is 6.33. The highest BCUT2D eigenvalue weighted by atomic mass is 16.6.